The monoisotopic (exact) mass is 362 g/mol. The summed E-state index contributed by atoms with van der Waals surface area (Å²) in [6.07, 6.45) is -0.129. The van der Waals surface area contributed by atoms with Crippen LogP contribution in [0.4, 0.5) is 15.8 Å². The SMILES string of the molecule is COc1ccc(NC(=O)COC(=O)Cc2ccc(F)cc2)c([N+](=O)[O-])c1. The van der Waals surface area contributed by atoms with E-state index in [0.29, 0.717) is 5.56 Å². The molecule has 136 valence electrons. The Morgan fingerprint density at radius 3 is 2.50 bits per heavy atom. The molecule has 0 saturated carbocycles. The van der Waals surface area contributed by atoms with Crippen molar-refractivity contribution in [3.8, 4) is 5.75 Å². The molecule has 0 unspecified atom stereocenters. The fourth-order valence-corrected chi connectivity index (χ4v) is 2.05. The molecule has 0 bridgehead atoms. The van der Waals surface area contributed by atoms with Gasteiger partial charge < -0.3 is 14.8 Å². The average Bonchev–Trinajstić information content (AvgIpc) is 2.62. The van der Waals surface area contributed by atoms with E-state index in [2.05, 4.69) is 5.32 Å². The minimum absolute atomic E-state index is 0.0459. The van der Waals surface area contributed by atoms with Crippen LogP contribution in [0.3, 0.4) is 0 Å². The van der Waals surface area contributed by atoms with Crippen LogP contribution in [0.25, 0.3) is 0 Å². The molecule has 1 amide bonds. The topological polar surface area (TPSA) is 108 Å². The highest BCUT2D eigenvalue weighted by molar-refractivity contribution is 5.95. The first kappa shape index (κ1) is 18.8. The van der Waals surface area contributed by atoms with E-state index in [1.807, 2.05) is 0 Å². The summed E-state index contributed by atoms with van der Waals surface area (Å²) >= 11 is 0. The molecule has 8 nitrogen and oxygen atoms in total. The zero-order valence-electron chi connectivity index (χ0n) is 13.7. The van der Waals surface area contributed by atoms with Crippen LogP contribution in [-0.2, 0) is 20.7 Å². The van der Waals surface area contributed by atoms with Crippen LogP contribution < -0.4 is 10.1 Å². The van der Waals surface area contributed by atoms with Gasteiger partial charge in [0.25, 0.3) is 11.6 Å². The van der Waals surface area contributed by atoms with Crippen molar-refractivity contribution < 1.29 is 28.4 Å². The number of hydrogen-bond donors (Lipinski definition) is 1. The number of carbonyl (C=O) groups excluding carboxylic acids is 2. The maximum atomic E-state index is 12.8. The number of nitrogens with one attached hydrogen (secondary N) is 1. The molecule has 2 aromatic rings. The van der Waals surface area contributed by atoms with Gasteiger partial charge in [-0.1, -0.05) is 12.1 Å². The van der Waals surface area contributed by atoms with Gasteiger partial charge in [-0.25, -0.2) is 4.39 Å². The van der Waals surface area contributed by atoms with Crippen molar-refractivity contribution in [1.29, 1.82) is 0 Å². The molecule has 26 heavy (non-hydrogen) atoms. The molecule has 0 aliphatic rings. The molecule has 0 aliphatic heterocycles. The predicted molar refractivity (Wildman–Crippen MR) is 89.3 cm³/mol. The largest absolute Gasteiger partial charge is 0.496 e. The van der Waals surface area contributed by atoms with Gasteiger partial charge in [-0.3, -0.25) is 19.7 Å². The van der Waals surface area contributed by atoms with E-state index in [1.54, 1.807) is 0 Å². The van der Waals surface area contributed by atoms with Gasteiger partial charge in [0, 0.05) is 0 Å². The number of methoxy groups -OCH3 is 1. The summed E-state index contributed by atoms with van der Waals surface area (Å²) in [6.45, 7) is -0.608. The van der Waals surface area contributed by atoms with Gasteiger partial charge in [-0.2, -0.15) is 0 Å². The normalized spacial score (nSPS) is 10.1. The Labute approximate surface area is 147 Å². The van der Waals surface area contributed by atoms with E-state index in [4.69, 9.17) is 9.47 Å². The molecule has 0 radical (unpaired) electrons. The minimum atomic E-state index is -0.731. The Morgan fingerprint density at radius 2 is 1.88 bits per heavy atom. The molecule has 0 atom stereocenters. The summed E-state index contributed by atoms with van der Waals surface area (Å²) in [6, 6.07) is 9.19. The van der Waals surface area contributed by atoms with Gasteiger partial charge in [0.05, 0.1) is 24.5 Å². The highest BCUT2D eigenvalue weighted by Gasteiger charge is 2.18. The molecule has 2 rings (SSSR count). The minimum Gasteiger partial charge on any atom is -0.496 e. The first-order chi connectivity index (χ1) is 12.4. The summed E-state index contributed by atoms with van der Waals surface area (Å²) in [5.41, 5.74) is 0.133. The maximum absolute atomic E-state index is 12.8. The Balaban J connectivity index is 1.91. The molecule has 0 saturated heterocycles. The number of ether oxygens (including phenoxy) is 2. The lowest BCUT2D eigenvalue weighted by molar-refractivity contribution is -0.384. The van der Waals surface area contributed by atoms with Crippen LogP contribution in [0.2, 0.25) is 0 Å². The van der Waals surface area contributed by atoms with E-state index in [-0.39, 0.29) is 23.5 Å². The van der Waals surface area contributed by atoms with E-state index >= 15 is 0 Å². The number of halogens is 1. The van der Waals surface area contributed by atoms with Gasteiger partial charge >= 0.3 is 5.97 Å². The zero-order valence-corrected chi connectivity index (χ0v) is 13.7. The molecule has 0 aliphatic carbocycles. The van der Waals surface area contributed by atoms with E-state index in [0.717, 1.165) is 6.07 Å². The van der Waals surface area contributed by atoms with Crippen molar-refractivity contribution in [3.63, 3.8) is 0 Å². The quantitative estimate of drug-likeness (QED) is 0.460. The molecular formula is C17H15FN2O6. The van der Waals surface area contributed by atoms with Crippen molar-refractivity contribution >= 4 is 23.3 Å². The van der Waals surface area contributed by atoms with Crippen molar-refractivity contribution in [2.45, 2.75) is 6.42 Å². The van der Waals surface area contributed by atoms with Gasteiger partial charge in [0.15, 0.2) is 6.61 Å². The number of amides is 1. The zero-order chi connectivity index (χ0) is 19.1. The van der Waals surface area contributed by atoms with Gasteiger partial charge in [0.1, 0.15) is 17.3 Å². The number of rotatable bonds is 7. The standard InChI is InChI=1S/C17H15FN2O6/c1-25-13-6-7-14(15(9-13)20(23)24)19-16(21)10-26-17(22)8-11-2-4-12(18)5-3-11/h2-7,9H,8,10H2,1H3,(H,19,21). The van der Waals surface area contributed by atoms with Crippen LogP contribution in [0, 0.1) is 15.9 Å². The summed E-state index contributed by atoms with van der Waals surface area (Å²) in [5, 5.41) is 13.4. The summed E-state index contributed by atoms with van der Waals surface area (Å²) in [7, 11) is 1.36. The lowest BCUT2D eigenvalue weighted by atomic mass is 10.1. The first-order valence-corrected chi connectivity index (χ1v) is 7.41. The van der Waals surface area contributed by atoms with E-state index in [1.165, 1.54) is 43.5 Å². The third-order valence-corrected chi connectivity index (χ3v) is 3.30. The molecule has 0 aromatic heterocycles. The van der Waals surface area contributed by atoms with Crippen molar-refractivity contribution in [2.75, 3.05) is 19.0 Å². The van der Waals surface area contributed by atoms with Crippen LogP contribution in [0.5, 0.6) is 5.75 Å². The smallest absolute Gasteiger partial charge is 0.310 e. The Hall–Kier alpha value is -3.49. The highest BCUT2D eigenvalue weighted by Crippen LogP contribution is 2.28. The third kappa shape index (κ3) is 5.26. The maximum Gasteiger partial charge on any atom is 0.310 e. The molecule has 0 heterocycles. The van der Waals surface area contributed by atoms with Gasteiger partial charge in [0.2, 0.25) is 0 Å². The second kappa shape index (κ2) is 8.56. The Kier molecular flexibility index (Phi) is 6.20. The number of nitrogens with zero attached hydrogens (tertiary/aromatic N) is 1. The molecule has 2 aromatic carbocycles. The van der Waals surface area contributed by atoms with Crippen LogP contribution >= 0.6 is 0 Å². The Morgan fingerprint density at radius 1 is 1.19 bits per heavy atom. The number of carbonyl (C=O) groups is 2. The Bertz CT molecular complexity index is 823. The highest BCUT2D eigenvalue weighted by atomic mass is 19.1. The molecule has 9 heteroatoms. The summed E-state index contributed by atoms with van der Waals surface area (Å²) in [4.78, 5) is 33.9. The first-order valence-electron chi connectivity index (χ1n) is 7.41. The van der Waals surface area contributed by atoms with Gasteiger partial charge in [-0.15, -0.1) is 0 Å². The molecule has 1 N–H and O–H groups in total. The number of anilines is 1. The number of benzene rings is 2. The third-order valence-electron chi connectivity index (χ3n) is 3.30. The number of hydrogen-bond acceptors (Lipinski definition) is 6. The lowest BCUT2D eigenvalue weighted by Gasteiger charge is -2.08. The van der Waals surface area contributed by atoms with Crippen LogP contribution in [0.15, 0.2) is 42.5 Å². The van der Waals surface area contributed by atoms with Crippen molar-refractivity contribution in [1.82, 2.24) is 0 Å². The summed E-state index contributed by atoms with van der Waals surface area (Å²) < 4.78 is 22.5. The second-order valence-electron chi connectivity index (χ2n) is 5.15. The van der Waals surface area contributed by atoms with Crippen molar-refractivity contribution in [3.05, 3.63) is 64.0 Å². The van der Waals surface area contributed by atoms with Gasteiger partial charge in [-0.05, 0) is 29.8 Å². The number of nitro groups is 1. The molecule has 0 fully saturated rings. The predicted octanol–water partition coefficient (Wildman–Crippen LogP) is 2.47. The molecular weight excluding hydrogens is 347 g/mol. The lowest BCUT2D eigenvalue weighted by Crippen LogP contribution is -2.22. The number of esters is 1. The van der Waals surface area contributed by atoms with E-state index < -0.39 is 29.2 Å². The van der Waals surface area contributed by atoms with Crippen LogP contribution in [-0.4, -0.2) is 30.5 Å². The average molecular weight is 362 g/mol. The summed E-state index contributed by atoms with van der Waals surface area (Å²) in [5.74, 6) is -1.58. The van der Waals surface area contributed by atoms with Crippen molar-refractivity contribution in [2.24, 2.45) is 0 Å². The van der Waals surface area contributed by atoms with E-state index in [9.17, 15) is 24.1 Å². The second-order valence-corrected chi connectivity index (χ2v) is 5.15. The van der Waals surface area contributed by atoms with Crippen LogP contribution in [0.1, 0.15) is 5.56 Å². The number of nitro benzene ring substituents is 1. The fraction of sp³-hybridized carbons (Fsp3) is 0.176. The fourth-order valence-electron chi connectivity index (χ4n) is 2.05. The molecule has 0 spiro atoms.